The van der Waals surface area contributed by atoms with E-state index < -0.39 is 0 Å². The number of nitrogens with zero attached hydrogens (tertiary/aromatic N) is 4. The van der Waals surface area contributed by atoms with E-state index in [0.29, 0.717) is 6.54 Å². The van der Waals surface area contributed by atoms with Crippen LogP contribution in [0.5, 0.6) is 0 Å². The van der Waals surface area contributed by atoms with Crippen LogP contribution in [0.2, 0.25) is 0 Å². The highest BCUT2D eigenvalue weighted by molar-refractivity contribution is 14.0. The molecule has 0 bridgehead atoms. The summed E-state index contributed by atoms with van der Waals surface area (Å²) < 4.78 is 16.1. The molecule has 6 nitrogen and oxygen atoms in total. The highest BCUT2D eigenvalue weighted by Gasteiger charge is 2.45. The van der Waals surface area contributed by atoms with Crippen molar-refractivity contribution in [2.45, 2.75) is 43.7 Å². The zero-order valence-corrected chi connectivity index (χ0v) is 17.1. The van der Waals surface area contributed by atoms with E-state index >= 15 is 0 Å². The number of aryl methyl sites for hydroxylation is 1. The fourth-order valence-corrected chi connectivity index (χ4v) is 3.58. The molecule has 0 amide bonds. The Morgan fingerprint density at radius 2 is 2.19 bits per heavy atom. The molecule has 0 saturated heterocycles. The Kier molecular flexibility index (Phi) is 5.79. The topological polar surface area (TPSA) is 67.1 Å². The quantitative estimate of drug-likeness (QED) is 0.409. The van der Waals surface area contributed by atoms with E-state index in [1.807, 2.05) is 16.8 Å². The molecule has 0 spiro atoms. The third kappa shape index (κ3) is 3.84. The van der Waals surface area contributed by atoms with Crippen molar-refractivity contribution < 1.29 is 4.39 Å². The fraction of sp³-hybridized carbons (Fsp3) is 0.500. The first kappa shape index (κ1) is 19.1. The number of hydrogen-bond acceptors (Lipinski definition) is 3. The summed E-state index contributed by atoms with van der Waals surface area (Å²) in [7, 11) is 1.77. The molecule has 2 aliphatic rings. The van der Waals surface area contributed by atoms with Gasteiger partial charge in [0, 0.05) is 31.5 Å². The van der Waals surface area contributed by atoms with Crippen LogP contribution < -0.4 is 10.6 Å². The average molecular weight is 470 g/mol. The number of aliphatic imine (C=N–C) groups is 1. The number of rotatable bonds is 4. The summed E-state index contributed by atoms with van der Waals surface area (Å²) in [5.41, 5.74) is 0.706. The summed E-state index contributed by atoms with van der Waals surface area (Å²) in [4.78, 5) is 8.58. The number of aromatic nitrogens is 3. The Labute approximate surface area is 169 Å². The SMILES string of the molecule is CN=C(NCC1(c2ccccc2F)CC1)NC1CCc2ncnn2C1.I. The molecule has 1 aliphatic carbocycles. The van der Waals surface area contributed by atoms with Crippen LogP contribution in [0.4, 0.5) is 4.39 Å². The second-order valence-electron chi connectivity index (χ2n) is 6.92. The second kappa shape index (κ2) is 7.89. The molecule has 1 atom stereocenters. The minimum atomic E-state index is -0.115. The van der Waals surface area contributed by atoms with Crippen LogP contribution in [0.25, 0.3) is 0 Å². The first-order chi connectivity index (χ1) is 12.2. The van der Waals surface area contributed by atoms with Crippen molar-refractivity contribution in [1.29, 1.82) is 0 Å². The van der Waals surface area contributed by atoms with Crippen LogP contribution in [0.1, 0.15) is 30.7 Å². The lowest BCUT2D eigenvalue weighted by Gasteiger charge is -2.26. The number of halogens is 2. The predicted octanol–water partition coefficient (Wildman–Crippen LogP) is 2.25. The Morgan fingerprint density at radius 3 is 2.92 bits per heavy atom. The highest BCUT2D eigenvalue weighted by atomic mass is 127. The van der Waals surface area contributed by atoms with Gasteiger partial charge < -0.3 is 10.6 Å². The number of nitrogens with one attached hydrogen (secondary N) is 2. The van der Waals surface area contributed by atoms with E-state index in [1.54, 1.807) is 25.5 Å². The van der Waals surface area contributed by atoms with Gasteiger partial charge in [0.05, 0.1) is 6.54 Å². The first-order valence-electron chi connectivity index (χ1n) is 8.79. The molecule has 2 heterocycles. The standard InChI is InChI=1S/C18H23FN6.HI/c1-20-17(24-13-6-7-16-22-12-23-25(16)10-13)21-11-18(8-9-18)14-4-2-3-5-15(14)19;/h2-5,12-13H,6-11H2,1H3,(H2,20,21,24);1H. The lowest BCUT2D eigenvalue weighted by atomic mass is 9.95. The normalized spacial score (nSPS) is 20.7. The summed E-state index contributed by atoms with van der Waals surface area (Å²) in [5.74, 6) is 1.68. The van der Waals surface area contributed by atoms with Crippen molar-refractivity contribution in [3.63, 3.8) is 0 Å². The van der Waals surface area contributed by atoms with Gasteiger partial charge in [0.15, 0.2) is 5.96 Å². The van der Waals surface area contributed by atoms with E-state index in [2.05, 4.69) is 25.7 Å². The molecule has 2 N–H and O–H groups in total. The molecular weight excluding hydrogens is 446 g/mol. The van der Waals surface area contributed by atoms with Crippen LogP contribution in [0, 0.1) is 5.82 Å². The zero-order valence-electron chi connectivity index (χ0n) is 14.8. The van der Waals surface area contributed by atoms with Crippen molar-refractivity contribution in [1.82, 2.24) is 25.4 Å². The van der Waals surface area contributed by atoms with E-state index in [1.165, 1.54) is 0 Å². The average Bonchev–Trinajstić information content (AvgIpc) is 3.27. The van der Waals surface area contributed by atoms with Gasteiger partial charge in [-0.15, -0.1) is 24.0 Å². The van der Waals surface area contributed by atoms with Gasteiger partial charge in [0.1, 0.15) is 18.0 Å². The predicted molar refractivity (Wildman–Crippen MR) is 109 cm³/mol. The van der Waals surface area contributed by atoms with Crippen molar-refractivity contribution >= 4 is 29.9 Å². The van der Waals surface area contributed by atoms with Gasteiger partial charge in [-0.1, -0.05) is 18.2 Å². The van der Waals surface area contributed by atoms with Crippen LogP contribution >= 0.6 is 24.0 Å². The van der Waals surface area contributed by atoms with E-state index in [9.17, 15) is 4.39 Å². The molecular formula is C18H24FIN6. The molecule has 140 valence electrons. The number of fused-ring (bicyclic) bond motifs is 1. The largest absolute Gasteiger partial charge is 0.356 e. The van der Waals surface area contributed by atoms with Gasteiger partial charge in [0.25, 0.3) is 0 Å². The van der Waals surface area contributed by atoms with E-state index in [0.717, 1.165) is 49.6 Å². The van der Waals surface area contributed by atoms with Crippen molar-refractivity contribution in [3.05, 3.63) is 47.8 Å². The number of benzene rings is 1. The molecule has 0 radical (unpaired) electrons. The molecule has 1 aromatic carbocycles. The third-order valence-corrected chi connectivity index (χ3v) is 5.26. The summed E-state index contributed by atoms with van der Waals surface area (Å²) >= 11 is 0. The summed E-state index contributed by atoms with van der Waals surface area (Å²) in [6.07, 6.45) is 5.52. The Bertz CT molecular complexity index is 785. The Hall–Kier alpha value is -1.71. The summed E-state index contributed by atoms with van der Waals surface area (Å²) in [6, 6.07) is 7.35. The molecule has 1 aromatic heterocycles. The molecule has 2 aromatic rings. The van der Waals surface area contributed by atoms with Crippen LogP contribution in [0.15, 0.2) is 35.6 Å². The maximum absolute atomic E-state index is 14.1. The van der Waals surface area contributed by atoms with Gasteiger partial charge in [-0.25, -0.2) is 14.1 Å². The van der Waals surface area contributed by atoms with E-state index in [-0.39, 0.29) is 41.3 Å². The van der Waals surface area contributed by atoms with Gasteiger partial charge in [-0.05, 0) is 30.9 Å². The van der Waals surface area contributed by atoms with Crippen LogP contribution in [-0.4, -0.2) is 40.4 Å². The monoisotopic (exact) mass is 470 g/mol. The number of guanidine groups is 1. The summed E-state index contributed by atoms with van der Waals surface area (Å²) in [6.45, 7) is 1.48. The number of hydrogen-bond donors (Lipinski definition) is 2. The zero-order chi connectivity index (χ0) is 17.3. The maximum atomic E-state index is 14.1. The molecule has 1 unspecified atom stereocenters. The molecule has 4 rings (SSSR count). The smallest absolute Gasteiger partial charge is 0.191 e. The van der Waals surface area contributed by atoms with E-state index in [4.69, 9.17) is 0 Å². The van der Waals surface area contributed by atoms with Gasteiger partial charge in [-0.2, -0.15) is 5.10 Å². The van der Waals surface area contributed by atoms with Crippen LogP contribution in [0.3, 0.4) is 0 Å². The second-order valence-corrected chi connectivity index (χ2v) is 6.92. The summed E-state index contributed by atoms with van der Waals surface area (Å²) in [5, 5.41) is 11.1. The maximum Gasteiger partial charge on any atom is 0.191 e. The molecule has 8 heteroatoms. The molecule has 1 aliphatic heterocycles. The molecule has 1 saturated carbocycles. The van der Waals surface area contributed by atoms with Gasteiger partial charge in [0.2, 0.25) is 0 Å². The van der Waals surface area contributed by atoms with Gasteiger partial charge >= 0.3 is 0 Å². The highest BCUT2D eigenvalue weighted by Crippen LogP contribution is 2.48. The van der Waals surface area contributed by atoms with Crippen molar-refractivity contribution in [2.24, 2.45) is 4.99 Å². The lowest BCUT2D eigenvalue weighted by Crippen LogP contribution is -2.48. The minimum absolute atomic E-state index is 0. The van der Waals surface area contributed by atoms with Crippen LogP contribution in [-0.2, 0) is 18.4 Å². The Morgan fingerprint density at radius 1 is 1.38 bits per heavy atom. The fourth-order valence-electron chi connectivity index (χ4n) is 3.58. The third-order valence-electron chi connectivity index (χ3n) is 5.26. The first-order valence-corrected chi connectivity index (χ1v) is 8.79. The Balaban J connectivity index is 0.00000196. The lowest BCUT2D eigenvalue weighted by molar-refractivity contribution is 0.392. The molecule has 26 heavy (non-hydrogen) atoms. The molecule has 1 fully saturated rings. The van der Waals surface area contributed by atoms with Crippen molar-refractivity contribution in [3.8, 4) is 0 Å². The van der Waals surface area contributed by atoms with Crippen molar-refractivity contribution in [2.75, 3.05) is 13.6 Å². The minimum Gasteiger partial charge on any atom is -0.356 e. The van der Waals surface area contributed by atoms with Gasteiger partial charge in [-0.3, -0.25) is 4.99 Å².